The standard InChI is InChI=1S/C17H22ClFN3O4/c18-13-11-12(1-2-14(13)19)20-22(8-5-21(6-9-22)7-10-23)17(25)15-3-4-16(24)26-15/h1-2,11,15,20,23H,3-10H2/q+1/t15-/m0/s1. The van der Waals surface area contributed by atoms with E-state index in [0.29, 0.717) is 44.8 Å². The van der Waals surface area contributed by atoms with E-state index >= 15 is 0 Å². The SMILES string of the molecule is O=C1CC[C@@H](C(=O)[N+]2(Nc3ccc(F)c(Cl)c3)CCN(CCO)CC2)O1. The smallest absolute Gasteiger partial charge is 0.378 e. The van der Waals surface area contributed by atoms with E-state index in [9.17, 15) is 14.0 Å². The number of esters is 1. The number of aliphatic hydroxyl groups excluding tert-OH is 1. The van der Waals surface area contributed by atoms with Gasteiger partial charge in [-0.25, -0.2) is 14.6 Å². The molecule has 0 aromatic heterocycles. The van der Waals surface area contributed by atoms with E-state index in [-0.39, 0.29) is 34.5 Å². The number of quaternary nitrogens is 1. The molecule has 2 aliphatic heterocycles. The lowest BCUT2D eigenvalue weighted by Gasteiger charge is -2.42. The van der Waals surface area contributed by atoms with Gasteiger partial charge >= 0.3 is 11.9 Å². The number of ether oxygens (including phenoxy) is 1. The molecule has 1 atom stereocenters. The van der Waals surface area contributed by atoms with Gasteiger partial charge in [-0.3, -0.25) is 9.69 Å². The summed E-state index contributed by atoms with van der Waals surface area (Å²) in [6.45, 7) is 2.64. The van der Waals surface area contributed by atoms with Gasteiger partial charge in [-0.2, -0.15) is 4.59 Å². The third kappa shape index (κ3) is 3.98. The number of β-amino-alcohol motifs (C(OH)–C–C–N with tert-alkyl or cyclic N) is 1. The Morgan fingerprint density at radius 3 is 2.73 bits per heavy atom. The van der Waals surface area contributed by atoms with Crippen LogP contribution in [0, 0.1) is 5.82 Å². The third-order valence-corrected chi connectivity index (χ3v) is 5.15. The van der Waals surface area contributed by atoms with Crippen molar-refractivity contribution < 1.29 is 28.4 Å². The quantitative estimate of drug-likeness (QED) is 0.584. The maximum atomic E-state index is 13.4. The van der Waals surface area contributed by atoms with Crippen LogP contribution in [0.15, 0.2) is 18.2 Å². The maximum Gasteiger partial charge on any atom is 0.378 e. The Balaban J connectivity index is 1.82. The average Bonchev–Trinajstić information content (AvgIpc) is 3.06. The number of rotatable bonds is 5. The van der Waals surface area contributed by atoms with Crippen LogP contribution in [0.25, 0.3) is 0 Å². The van der Waals surface area contributed by atoms with Crippen molar-refractivity contribution in [1.29, 1.82) is 0 Å². The Kier molecular flexibility index (Phi) is 5.76. The molecule has 2 saturated heterocycles. The third-order valence-electron chi connectivity index (χ3n) is 4.86. The second kappa shape index (κ2) is 7.87. The Bertz CT molecular complexity index is 695. The predicted octanol–water partition coefficient (Wildman–Crippen LogP) is 1.16. The van der Waals surface area contributed by atoms with E-state index in [2.05, 4.69) is 10.3 Å². The van der Waals surface area contributed by atoms with Crippen LogP contribution < -0.4 is 5.43 Å². The van der Waals surface area contributed by atoms with E-state index in [1.807, 2.05) is 0 Å². The van der Waals surface area contributed by atoms with Crippen LogP contribution in [0.3, 0.4) is 0 Å². The molecule has 0 bridgehead atoms. The molecule has 0 unspecified atom stereocenters. The molecule has 0 saturated carbocycles. The van der Waals surface area contributed by atoms with Crippen molar-refractivity contribution in [3.8, 4) is 0 Å². The number of carbonyl (C=O) groups excluding carboxylic acids is 2. The molecule has 7 nitrogen and oxygen atoms in total. The average molecular weight is 387 g/mol. The first-order valence-electron chi connectivity index (χ1n) is 8.61. The zero-order valence-electron chi connectivity index (χ0n) is 14.3. The van der Waals surface area contributed by atoms with Gasteiger partial charge in [-0.1, -0.05) is 11.6 Å². The minimum atomic E-state index is -0.782. The Labute approximate surface area is 155 Å². The van der Waals surface area contributed by atoms with Crippen molar-refractivity contribution >= 4 is 29.2 Å². The highest BCUT2D eigenvalue weighted by Gasteiger charge is 2.48. The largest absolute Gasteiger partial charge is 0.448 e. The van der Waals surface area contributed by atoms with Gasteiger partial charge in [-0.15, -0.1) is 0 Å². The highest BCUT2D eigenvalue weighted by Crippen LogP contribution is 2.26. The van der Waals surface area contributed by atoms with Crippen LogP contribution in [-0.2, 0) is 14.3 Å². The zero-order chi connectivity index (χ0) is 18.7. The summed E-state index contributed by atoms with van der Waals surface area (Å²) in [7, 11) is 0. The molecule has 1 aromatic rings. The molecule has 142 valence electrons. The molecule has 9 heteroatoms. The van der Waals surface area contributed by atoms with Gasteiger partial charge in [0.15, 0.2) is 0 Å². The predicted molar refractivity (Wildman–Crippen MR) is 92.7 cm³/mol. The van der Waals surface area contributed by atoms with Crippen LogP contribution in [-0.4, -0.2) is 71.9 Å². The number of nitrogens with one attached hydrogen (secondary N) is 1. The van der Waals surface area contributed by atoms with E-state index in [1.165, 1.54) is 18.2 Å². The Morgan fingerprint density at radius 1 is 1.42 bits per heavy atom. The van der Waals surface area contributed by atoms with Crippen LogP contribution >= 0.6 is 11.6 Å². The fourth-order valence-electron chi connectivity index (χ4n) is 3.39. The molecule has 0 radical (unpaired) electrons. The van der Waals surface area contributed by atoms with Crippen molar-refractivity contribution in [2.24, 2.45) is 0 Å². The van der Waals surface area contributed by atoms with Crippen molar-refractivity contribution in [3.05, 3.63) is 29.0 Å². The van der Waals surface area contributed by atoms with E-state index in [0.717, 1.165) is 0 Å². The van der Waals surface area contributed by atoms with Gasteiger partial charge in [0.2, 0.25) is 6.10 Å². The first kappa shape index (κ1) is 19.0. The first-order valence-corrected chi connectivity index (χ1v) is 8.99. The topological polar surface area (TPSA) is 78.9 Å². The molecular formula is C17H22ClFN3O4+. The number of aliphatic hydroxyl groups is 1. The highest BCUT2D eigenvalue weighted by molar-refractivity contribution is 6.31. The molecule has 26 heavy (non-hydrogen) atoms. The molecule has 1 aromatic carbocycles. The summed E-state index contributed by atoms with van der Waals surface area (Å²) in [5.74, 6) is -1.13. The fraction of sp³-hybridized carbons (Fsp3) is 0.529. The molecule has 1 amide bonds. The van der Waals surface area contributed by atoms with Crippen molar-refractivity contribution in [2.75, 3.05) is 44.8 Å². The summed E-state index contributed by atoms with van der Waals surface area (Å²) in [6, 6.07) is 4.20. The minimum Gasteiger partial charge on any atom is -0.448 e. The molecule has 2 N–H and O–H groups in total. The van der Waals surface area contributed by atoms with Gasteiger partial charge in [0, 0.05) is 19.4 Å². The molecule has 3 rings (SSSR count). The van der Waals surface area contributed by atoms with Crippen molar-refractivity contribution in [2.45, 2.75) is 18.9 Å². The van der Waals surface area contributed by atoms with E-state index in [1.54, 1.807) is 0 Å². The lowest BCUT2D eigenvalue weighted by Crippen LogP contribution is -2.67. The Hall–Kier alpha value is -1.74. The molecule has 0 aliphatic carbocycles. The van der Waals surface area contributed by atoms with Gasteiger partial charge in [0.25, 0.3) is 0 Å². The summed E-state index contributed by atoms with van der Waals surface area (Å²) in [5.41, 5.74) is 3.69. The van der Waals surface area contributed by atoms with Gasteiger partial charge in [-0.05, 0) is 18.2 Å². The van der Waals surface area contributed by atoms with Crippen LogP contribution in [0.5, 0.6) is 0 Å². The second-order valence-corrected chi connectivity index (χ2v) is 6.98. The van der Waals surface area contributed by atoms with Gasteiger partial charge in [0.05, 0.1) is 30.4 Å². The second-order valence-electron chi connectivity index (χ2n) is 6.58. The summed E-state index contributed by atoms with van der Waals surface area (Å²) in [6.07, 6.45) is -0.186. The molecule has 2 fully saturated rings. The first-order chi connectivity index (χ1) is 12.4. The van der Waals surface area contributed by atoms with Crippen molar-refractivity contribution in [1.82, 2.24) is 4.90 Å². The number of cyclic esters (lactones) is 1. The van der Waals surface area contributed by atoms with E-state index < -0.39 is 11.9 Å². The van der Waals surface area contributed by atoms with Crippen LogP contribution in [0.2, 0.25) is 5.02 Å². The number of halogens is 2. The summed E-state index contributed by atoms with van der Waals surface area (Å²) >= 11 is 5.85. The van der Waals surface area contributed by atoms with Crippen LogP contribution in [0.4, 0.5) is 10.1 Å². The van der Waals surface area contributed by atoms with Crippen molar-refractivity contribution in [3.63, 3.8) is 0 Å². The lowest BCUT2D eigenvalue weighted by atomic mass is 10.1. The van der Waals surface area contributed by atoms with E-state index in [4.69, 9.17) is 21.4 Å². The molecule has 2 aliphatic rings. The maximum absolute atomic E-state index is 13.4. The van der Waals surface area contributed by atoms with Gasteiger partial charge in [0.1, 0.15) is 18.9 Å². The summed E-state index contributed by atoms with van der Waals surface area (Å²) in [5, 5.41) is 9.08. The molecule has 2 heterocycles. The molecular weight excluding hydrogens is 365 g/mol. The number of piperazine rings is 1. The highest BCUT2D eigenvalue weighted by atomic mass is 35.5. The number of amides is 1. The van der Waals surface area contributed by atoms with Gasteiger partial charge < -0.3 is 9.84 Å². The summed E-state index contributed by atoms with van der Waals surface area (Å²) < 4.78 is 18.5. The number of hydrogen-bond donors (Lipinski definition) is 2. The number of benzene rings is 1. The zero-order valence-corrected chi connectivity index (χ0v) is 15.0. The normalized spacial score (nSPS) is 22.9. The Morgan fingerprint density at radius 2 is 2.15 bits per heavy atom. The number of anilines is 1. The number of nitrogens with zero attached hydrogens (tertiary/aromatic N) is 2. The lowest BCUT2D eigenvalue weighted by molar-refractivity contribution is -0.839. The minimum absolute atomic E-state index is 0.0354. The van der Waals surface area contributed by atoms with Crippen LogP contribution in [0.1, 0.15) is 12.8 Å². The number of hydrogen-bond acceptors (Lipinski definition) is 6. The monoisotopic (exact) mass is 386 g/mol. The fourth-order valence-corrected chi connectivity index (χ4v) is 3.57. The molecule has 0 spiro atoms. The summed E-state index contributed by atoms with van der Waals surface area (Å²) in [4.78, 5) is 26.6. The number of carbonyl (C=O) groups is 2.